The molecule has 1 N–H and O–H groups in total. The second-order valence-electron chi connectivity index (χ2n) is 3.92. The molecule has 0 unspecified atom stereocenters. The van der Waals surface area contributed by atoms with Crippen molar-refractivity contribution < 1.29 is 8.81 Å². The van der Waals surface area contributed by atoms with Gasteiger partial charge in [0.2, 0.25) is 0 Å². The monoisotopic (exact) mass is 244 g/mol. The van der Waals surface area contributed by atoms with Gasteiger partial charge in [0, 0.05) is 19.5 Å². The maximum atomic E-state index is 13.1. The van der Waals surface area contributed by atoms with E-state index >= 15 is 0 Å². The van der Waals surface area contributed by atoms with Gasteiger partial charge < -0.3 is 9.73 Å². The Morgan fingerprint density at radius 2 is 2.22 bits per heavy atom. The van der Waals surface area contributed by atoms with Crippen LogP contribution in [0.5, 0.6) is 0 Å². The molecule has 0 aliphatic carbocycles. The van der Waals surface area contributed by atoms with Crippen LogP contribution in [0.1, 0.15) is 16.9 Å². The average molecular weight is 244 g/mol. The lowest BCUT2D eigenvalue weighted by atomic mass is 10.1. The number of nitrogens with zero attached hydrogens (tertiary/aromatic N) is 1. The fourth-order valence-electron chi connectivity index (χ4n) is 1.71. The quantitative estimate of drug-likeness (QED) is 0.822. The highest BCUT2D eigenvalue weighted by Crippen LogP contribution is 2.10. The molecule has 0 fully saturated rings. The van der Waals surface area contributed by atoms with Crippen LogP contribution in [0.4, 0.5) is 4.39 Å². The van der Waals surface area contributed by atoms with Crippen LogP contribution in [0.15, 0.2) is 41.0 Å². The van der Waals surface area contributed by atoms with Crippen molar-refractivity contribution in [3.63, 3.8) is 0 Å². The maximum Gasteiger partial charge on any atom is 0.123 e. The molecule has 0 amide bonds. The largest absolute Gasteiger partial charge is 0.469 e. The molecule has 18 heavy (non-hydrogen) atoms. The normalized spacial score (nSPS) is 10.2. The number of furan rings is 1. The van der Waals surface area contributed by atoms with Crippen molar-refractivity contribution in [2.75, 3.05) is 6.54 Å². The zero-order valence-corrected chi connectivity index (χ0v) is 9.82. The van der Waals surface area contributed by atoms with Gasteiger partial charge in [-0.25, -0.2) is 4.39 Å². The summed E-state index contributed by atoms with van der Waals surface area (Å²) in [5, 5.41) is 12.1. The first kappa shape index (κ1) is 12.3. The number of benzene rings is 1. The van der Waals surface area contributed by atoms with Gasteiger partial charge in [0.25, 0.3) is 0 Å². The fourth-order valence-corrected chi connectivity index (χ4v) is 1.71. The van der Waals surface area contributed by atoms with Crippen LogP contribution < -0.4 is 5.32 Å². The zero-order valence-electron chi connectivity index (χ0n) is 9.82. The number of rotatable bonds is 5. The molecular weight excluding hydrogens is 231 g/mol. The Hall–Kier alpha value is -2.12. The van der Waals surface area contributed by atoms with Crippen LogP contribution >= 0.6 is 0 Å². The third kappa shape index (κ3) is 3.19. The molecule has 1 aromatic carbocycles. The van der Waals surface area contributed by atoms with E-state index in [4.69, 9.17) is 9.68 Å². The summed E-state index contributed by atoms with van der Waals surface area (Å²) in [5.74, 6) is 0.582. The SMILES string of the molecule is N#Cc1ccc(F)cc1CNCCc1ccco1. The molecular formula is C14H13FN2O. The summed E-state index contributed by atoms with van der Waals surface area (Å²) in [6.07, 6.45) is 2.40. The van der Waals surface area contributed by atoms with Crippen LogP contribution in [0.2, 0.25) is 0 Å². The summed E-state index contributed by atoms with van der Waals surface area (Å²) in [7, 11) is 0. The van der Waals surface area contributed by atoms with Gasteiger partial charge in [-0.3, -0.25) is 0 Å². The lowest BCUT2D eigenvalue weighted by Gasteiger charge is -2.06. The van der Waals surface area contributed by atoms with Crippen molar-refractivity contribution in [1.29, 1.82) is 5.26 Å². The van der Waals surface area contributed by atoms with Crippen LogP contribution in [-0.4, -0.2) is 6.54 Å². The highest BCUT2D eigenvalue weighted by Gasteiger charge is 2.03. The minimum atomic E-state index is -0.322. The van der Waals surface area contributed by atoms with E-state index in [2.05, 4.69) is 11.4 Å². The standard InChI is InChI=1S/C14H13FN2O/c15-13-4-3-11(9-16)12(8-13)10-17-6-5-14-2-1-7-18-14/h1-4,7-8,17H,5-6,10H2. The summed E-state index contributed by atoms with van der Waals surface area (Å²) in [5.41, 5.74) is 1.18. The topological polar surface area (TPSA) is 49.0 Å². The Balaban J connectivity index is 1.86. The molecule has 2 rings (SSSR count). The number of halogens is 1. The Bertz CT molecular complexity index is 543. The molecule has 92 valence electrons. The molecule has 0 aliphatic rings. The van der Waals surface area contributed by atoms with Gasteiger partial charge in [-0.15, -0.1) is 0 Å². The van der Waals surface area contributed by atoms with Gasteiger partial charge in [0.1, 0.15) is 11.6 Å². The first-order chi connectivity index (χ1) is 8.79. The van der Waals surface area contributed by atoms with E-state index in [0.29, 0.717) is 17.7 Å². The minimum absolute atomic E-state index is 0.322. The number of hydrogen-bond donors (Lipinski definition) is 1. The smallest absolute Gasteiger partial charge is 0.123 e. The van der Waals surface area contributed by atoms with Crippen molar-refractivity contribution in [1.82, 2.24) is 5.32 Å². The van der Waals surface area contributed by atoms with Crippen molar-refractivity contribution in [2.45, 2.75) is 13.0 Å². The van der Waals surface area contributed by atoms with Gasteiger partial charge in [0.15, 0.2) is 0 Å². The molecule has 0 saturated carbocycles. The summed E-state index contributed by atoms with van der Waals surface area (Å²) in [4.78, 5) is 0. The molecule has 3 nitrogen and oxygen atoms in total. The summed E-state index contributed by atoms with van der Waals surface area (Å²) in [6.45, 7) is 1.19. The van der Waals surface area contributed by atoms with Crippen LogP contribution in [-0.2, 0) is 13.0 Å². The van der Waals surface area contributed by atoms with Crippen LogP contribution in [0.3, 0.4) is 0 Å². The second kappa shape index (κ2) is 5.99. The van der Waals surface area contributed by atoms with Crippen molar-refractivity contribution in [3.05, 3.63) is 59.3 Å². The zero-order chi connectivity index (χ0) is 12.8. The van der Waals surface area contributed by atoms with Gasteiger partial charge in [0.05, 0.1) is 17.9 Å². The van der Waals surface area contributed by atoms with Crippen molar-refractivity contribution in [3.8, 4) is 6.07 Å². The highest BCUT2D eigenvalue weighted by molar-refractivity contribution is 5.37. The molecule has 1 heterocycles. The molecule has 0 aliphatic heterocycles. The number of hydrogen-bond acceptors (Lipinski definition) is 3. The van der Waals surface area contributed by atoms with E-state index in [1.807, 2.05) is 12.1 Å². The fraction of sp³-hybridized carbons (Fsp3) is 0.214. The Kier molecular flexibility index (Phi) is 4.11. The molecule has 0 atom stereocenters. The summed E-state index contributed by atoms with van der Waals surface area (Å²) >= 11 is 0. The minimum Gasteiger partial charge on any atom is -0.469 e. The molecule has 0 saturated heterocycles. The third-order valence-corrected chi connectivity index (χ3v) is 2.63. The molecule has 0 bridgehead atoms. The molecule has 4 heteroatoms. The Morgan fingerprint density at radius 3 is 2.94 bits per heavy atom. The van der Waals surface area contributed by atoms with Gasteiger partial charge in [-0.05, 0) is 35.9 Å². The lowest BCUT2D eigenvalue weighted by Crippen LogP contribution is -2.17. The van der Waals surface area contributed by atoms with E-state index in [1.54, 1.807) is 6.26 Å². The van der Waals surface area contributed by atoms with Crippen LogP contribution in [0, 0.1) is 17.1 Å². The molecule has 0 radical (unpaired) electrons. The third-order valence-electron chi connectivity index (χ3n) is 2.63. The first-order valence-electron chi connectivity index (χ1n) is 5.71. The first-order valence-corrected chi connectivity index (χ1v) is 5.71. The Labute approximate surface area is 105 Å². The Morgan fingerprint density at radius 1 is 1.33 bits per heavy atom. The number of nitriles is 1. The van der Waals surface area contributed by atoms with E-state index in [1.165, 1.54) is 18.2 Å². The molecule has 2 aromatic rings. The van der Waals surface area contributed by atoms with E-state index in [0.717, 1.165) is 18.7 Å². The van der Waals surface area contributed by atoms with Crippen molar-refractivity contribution in [2.24, 2.45) is 0 Å². The average Bonchev–Trinajstić information content (AvgIpc) is 2.88. The summed E-state index contributed by atoms with van der Waals surface area (Å²) < 4.78 is 18.3. The number of nitrogens with one attached hydrogen (secondary N) is 1. The van der Waals surface area contributed by atoms with Gasteiger partial charge in [-0.2, -0.15) is 5.26 Å². The molecule has 1 aromatic heterocycles. The maximum absolute atomic E-state index is 13.1. The molecule has 0 spiro atoms. The van der Waals surface area contributed by atoms with Crippen LogP contribution in [0.25, 0.3) is 0 Å². The predicted octanol–water partition coefficient (Wildman–Crippen LogP) is 2.62. The van der Waals surface area contributed by atoms with E-state index < -0.39 is 0 Å². The summed E-state index contributed by atoms with van der Waals surface area (Å²) in [6, 6.07) is 9.99. The van der Waals surface area contributed by atoms with Crippen molar-refractivity contribution >= 4 is 0 Å². The second-order valence-corrected chi connectivity index (χ2v) is 3.92. The van der Waals surface area contributed by atoms with Gasteiger partial charge in [-0.1, -0.05) is 0 Å². The lowest BCUT2D eigenvalue weighted by molar-refractivity contribution is 0.498. The van der Waals surface area contributed by atoms with E-state index in [9.17, 15) is 4.39 Å². The van der Waals surface area contributed by atoms with E-state index in [-0.39, 0.29) is 5.82 Å². The predicted molar refractivity (Wildman–Crippen MR) is 65.2 cm³/mol. The van der Waals surface area contributed by atoms with Gasteiger partial charge >= 0.3 is 0 Å². The highest BCUT2D eigenvalue weighted by atomic mass is 19.1.